The maximum absolute atomic E-state index is 11.8. The molecule has 0 fully saturated rings. The number of carbonyl (C=O) groups excluding carboxylic acids is 1. The smallest absolute Gasteiger partial charge is 0.162 e. The molecule has 0 unspecified atom stereocenters. The molecule has 0 radical (unpaired) electrons. The zero-order valence-electron chi connectivity index (χ0n) is 10.8. The van der Waals surface area contributed by atoms with Crippen LogP contribution in [-0.2, 0) is 17.6 Å². The highest BCUT2D eigenvalue weighted by Crippen LogP contribution is 2.35. The Morgan fingerprint density at radius 1 is 1.28 bits per heavy atom. The van der Waals surface area contributed by atoms with Gasteiger partial charge in [0.15, 0.2) is 5.78 Å². The molecule has 18 heavy (non-hydrogen) atoms. The van der Waals surface area contributed by atoms with Gasteiger partial charge < -0.3 is 4.74 Å². The maximum atomic E-state index is 11.8. The minimum absolute atomic E-state index is 0.203. The Kier molecular flexibility index (Phi) is 2.94. The van der Waals surface area contributed by atoms with E-state index in [4.69, 9.17) is 4.74 Å². The highest BCUT2D eigenvalue weighted by atomic mass is 16.5. The molecule has 1 aromatic carbocycles. The van der Waals surface area contributed by atoms with Gasteiger partial charge in [-0.05, 0) is 49.0 Å². The highest BCUT2D eigenvalue weighted by molar-refractivity contribution is 6.00. The second-order valence-corrected chi connectivity index (χ2v) is 5.06. The summed E-state index contributed by atoms with van der Waals surface area (Å²) in [7, 11) is 0. The number of hydrogen-bond acceptors (Lipinski definition) is 2. The molecule has 0 N–H and O–H groups in total. The third-order valence-electron chi connectivity index (χ3n) is 3.92. The number of rotatable bonds is 2. The van der Waals surface area contributed by atoms with Crippen LogP contribution in [0.1, 0.15) is 42.9 Å². The molecular formula is C16H18O2. The third kappa shape index (κ3) is 1.86. The van der Waals surface area contributed by atoms with Crippen molar-refractivity contribution in [1.82, 2.24) is 0 Å². The van der Waals surface area contributed by atoms with Crippen molar-refractivity contribution in [2.45, 2.75) is 39.0 Å². The predicted octanol–water partition coefficient (Wildman–Crippen LogP) is 3.32. The van der Waals surface area contributed by atoms with Gasteiger partial charge in [-0.2, -0.15) is 0 Å². The summed E-state index contributed by atoms with van der Waals surface area (Å²) in [6, 6.07) is 4.25. The molecule has 94 valence electrons. The van der Waals surface area contributed by atoms with Crippen LogP contribution in [0.5, 0.6) is 5.75 Å². The number of carbonyl (C=O) groups is 1. The first-order chi connectivity index (χ1) is 8.79. The molecule has 0 saturated heterocycles. The van der Waals surface area contributed by atoms with Crippen LogP contribution in [0.4, 0.5) is 0 Å². The molecule has 0 spiro atoms. The Morgan fingerprint density at radius 2 is 2.11 bits per heavy atom. The van der Waals surface area contributed by atoms with Gasteiger partial charge in [-0.15, -0.1) is 0 Å². The summed E-state index contributed by atoms with van der Waals surface area (Å²) in [6.07, 6.45) is 7.42. The molecule has 0 amide bonds. The second-order valence-electron chi connectivity index (χ2n) is 5.06. The molecule has 1 heterocycles. The lowest BCUT2D eigenvalue weighted by Crippen LogP contribution is -2.16. The van der Waals surface area contributed by atoms with Crippen molar-refractivity contribution in [3.63, 3.8) is 0 Å². The fourth-order valence-corrected chi connectivity index (χ4v) is 2.88. The molecular weight excluding hydrogens is 224 g/mol. The normalized spacial score (nSPS) is 17.3. The lowest BCUT2D eigenvalue weighted by molar-refractivity contribution is -0.115. The maximum Gasteiger partial charge on any atom is 0.162 e. The third-order valence-corrected chi connectivity index (χ3v) is 3.92. The van der Waals surface area contributed by atoms with Gasteiger partial charge >= 0.3 is 0 Å². The van der Waals surface area contributed by atoms with Crippen molar-refractivity contribution in [2.75, 3.05) is 6.61 Å². The van der Waals surface area contributed by atoms with Crippen molar-refractivity contribution in [3.8, 4) is 5.75 Å². The summed E-state index contributed by atoms with van der Waals surface area (Å²) >= 11 is 0. The summed E-state index contributed by atoms with van der Waals surface area (Å²) in [5, 5.41) is 0. The van der Waals surface area contributed by atoms with Crippen LogP contribution in [0.3, 0.4) is 0 Å². The lowest BCUT2D eigenvalue weighted by atomic mass is 9.86. The van der Waals surface area contributed by atoms with E-state index in [2.05, 4.69) is 18.2 Å². The van der Waals surface area contributed by atoms with E-state index in [9.17, 15) is 4.79 Å². The first kappa shape index (κ1) is 11.5. The monoisotopic (exact) mass is 242 g/mol. The van der Waals surface area contributed by atoms with E-state index in [1.807, 2.05) is 6.92 Å². The summed E-state index contributed by atoms with van der Waals surface area (Å²) in [5.74, 6) is 1.15. The minimum atomic E-state index is 0.203. The van der Waals surface area contributed by atoms with Gasteiger partial charge in [0.1, 0.15) is 12.4 Å². The van der Waals surface area contributed by atoms with Crippen LogP contribution in [-0.4, -0.2) is 12.4 Å². The Labute approximate surface area is 108 Å². The second kappa shape index (κ2) is 4.60. The zero-order valence-corrected chi connectivity index (χ0v) is 10.8. The van der Waals surface area contributed by atoms with Gasteiger partial charge in [-0.25, -0.2) is 0 Å². The van der Waals surface area contributed by atoms with Crippen LogP contribution < -0.4 is 4.74 Å². The number of ether oxygens (including phenoxy) is 1. The van der Waals surface area contributed by atoms with Crippen molar-refractivity contribution in [3.05, 3.63) is 34.4 Å². The van der Waals surface area contributed by atoms with Crippen molar-refractivity contribution in [1.29, 1.82) is 0 Å². The summed E-state index contributed by atoms with van der Waals surface area (Å²) in [5.41, 5.74) is 4.82. The number of fused-ring (bicyclic) bond motifs is 3. The fourth-order valence-electron chi connectivity index (χ4n) is 2.88. The number of ketones is 1. The fraction of sp³-hybridized carbons (Fsp3) is 0.438. The van der Waals surface area contributed by atoms with Crippen LogP contribution in [0, 0.1) is 0 Å². The van der Waals surface area contributed by atoms with Gasteiger partial charge in [0.05, 0.1) is 0 Å². The van der Waals surface area contributed by atoms with E-state index >= 15 is 0 Å². The first-order valence-electron chi connectivity index (χ1n) is 6.81. The molecule has 0 saturated carbocycles. The van der Waals surface area contributed by atoms with E-state index in [1.165, 1.54) is 24.0 Å². The van der Waals surface area contributed by atoms with Crippen LogP contribution >= 0.6 is 0 Å². The van der Waals surface area contributed by atoms with Gasteiger partial charge in [0, 0.05) is 17.6 Å². The summed E-state index contributed by atoms with van der Waals surface area (Å²) in [6.45, 7) is 2.33. The number of aryl methyl sites for hydroxylation is 1. The van der Waals surface area contributed by atoms with Gasteiger partial charge in [0.25, 0.3) is 0 Å². The molecule has 2 nitrogen and oxygen atoms in total. The molecule has 2 aliphatic rings. The SMILES string of the molecule is CCC(=O)C1=Cc2c(ccc3c2CCCC3)OC1. The molecule has 1 aromatic rings. The average molecular weight is 242 g/mol. The highest BCUT2D eigenvalue weighted by Gasteiger charge is 2.21. The quantitative estimate of drug-likeness (QED) is 0.795. The predicted molar refractivity (Wildman–Crippen MR) is 71.9 cm³/mol. The summed E-state index contributed by atoms with van der Waals surface area (Å²) in [4.78, 5) is 11.8. The van der Waals surface area contributed by atoms with Crippen LogP contribution in [0.2, 0.25) is 0 Å². The van der Waals surface area contributed by atoms with Gasteiger partial charge in [0.2, 0.25) is 0 Å². The Morgan fingerprint density at radius 3 is 2.94 bits per heavy atom. The van der Waals surface area contributed by atoms with E-state index in [1.54, 1.807) is 0 Å². The van der Waals surface area contributed by atoms with E-state index < -0.39 is 0 Å². The Hall–Kier alpha value is -1.57. The molecule has 0 atom stereocenters. The Bertz CT molecular complexity index is 526. The molecule has 0 aromatic heterocycles. The van der Waals surface area contributed by atoms with Crippen molar-refractivity contribution >= 4 is 11.9 Å². The molecule has 2 heteroatoms. The lowest BCUT2D eigenvalue weighted by Gasteiger charge is -2.24. The van der Waals surface area contributed by atoms with Crippen LogP contribution in [0.15, 0.2) is 17.7 Å². The Balaban J connectivity index is 2.08. The number of Topliss-reactive ketones (excluding diaryl/α,β-unsaturated/α-hetero) is 1. The molecule has 1 aliphatic heterocycles. The van der Waals surface area contributed by atoms with E-state index in [0.717, 1.165) is 29.7 Å². The minimum Gasteiger partial charge on any atom is -0.488 e. The van der Waals surface area contributed by atoms with Crippen molar-refractivity contribution < 1.29 is 9.53 Å². The molecule has 0 bridgehead atoms. The molecule has 1 aliphatic carbocycles. The van der Waals surface area contributed by atoms with Crippen LogP contribution in [0.25, 0.3) is 6.08 Å². The number of benzene rings is 1. The first-order valence-corrected chi connectivity index (χ1v) is 6.81. The van der Waals surface area contributed by atoms with Gasteiger partial charge in [-0.1, -0.05) is 13.0 Å². The largest absolute Gasteiger partial charge is 0.488 e. The number of hydrogen-bond donors (Lipinski definition) is 0. The standard InChI is InChI=1S/C16H18O2/c1-2-15(17)12-9-14-13-6-4-3-5-11(13)7-8-16(14)18-10-12/h7-9H,2-6,10H2,1H3. The van der Waals surface area contributed by atoms with Gasteiger partial charge in [-0.3, -0.25) is 4.79 Å². The zero-order chi connectivity index (χ0) is 12.5. The van der Waals surface area contributed by atoms with E-state index in [0.29, 0.717) is 13.0 Å². The van der Waals surface area contributed by atoms with E-state index in [-0.39, 0.29) is 5.78 Å². The summed E-state index contributed by atoms with van der Waals surface area (Å²) < 4.78 is 5.74. The average Bonchev–Trinajstić information content (AvgIpc) is 2.45. The molecule has 3 rings (SSSR count). The van der Waals surface area contributed by atoms with Crippen molar-refractivity contribution in [2.24, 2.45) is 0 Å². The topological polar surface area (TPSA) is 26.3 Å².